The van der Waals surface area contributed by atoms with Gasteiger partial charge < -0.3 is 31.1 Å². The second-order valence-corrected chi connectivity index (χ2v) is 29.8. The van der Waals surface area contributed by atoms with Crippen molar-refractivity contribution >= 4 is 45.7 Å². The predicted molar refractivity (Wildman–Crippen MR) is 455 cm³/mol. The SMILES string of the molecule is CCC/C=C1\c2ccccc2CCc2cc(C(=O)CCCNC)ccc21.CCC/C=C1\c2ccccc2CCc2ccc(C(=O)NCCCC)cc21.CCCCNC(=O)c1ccc2c(c1)/C(=C\CCN(C)C)c1ccccc1CC2.CNCCCC(=O)c1ccc2c(c1)CCc1ccccc1/C2=C/CCN(C)C. The third-order valence-electron chi connectivity index (χ3n) is 21.1. The van der Waals surface area contributed by atoms with E-state index in [4.69, 9.17) is 0 Å². The van der Waals surface area contributed by atoms with Crippen LogP contribution in [0.2, 0.25) is 0 Å². The minimum absolute atomic E-state index is 0.0291. The third kappa shape index (κ3) is 23.4. The smallest absolute Gasteiger partial charge is 0.251 e. The average molecular weight is 1450 g/mol. The topological polar surface area (TPSA) is 123 Å². The van der Waals surface area contributed by atoms with E-state index in [0.717, 1.165) is 190 Å². The van der Waals surface area contributed by atoms with E-state index >= 15 is 0 Å². The number of carbonyl (C=O) groups excluding carboxylic acids is 4. The Labute approximate surface area is 648 Å². The number of carbonyl (C=O) groups is 4. The summed E-state index contributed by atoms with van der Waals surface area (Å²) in [4.78, 5) is 54.7. The standard InChI is InChI=1S/2C25H32N2O.2C24H29NO/c1-26-16-6-11-25(28)21-14-15-23-20(18-21)13-12-19-8-4-5-9-22(19)24(23)10-7-17-27(2)3;1-4-5-16-26-25(28)21-15-14-20-13-12-19-9-6-7-10-22(19)23(24(20)18-21)11-8-17-27(2)3;1-3-4-9-23-21-10-6-5-8-18(21)12-13-19-17-20(14-15-22(19)23)24(26)11-7-16-25-2;1-3-5-10-22-21-11-8-7-9-18(21)12-13-19-14-15-20(17-23(19)22)24(26)25-16-6-4-2/h4-5,8-10,14-15,18,26H,6-7,11-13,16-17H2,1-3H3;6-7,9-11,14-15,18H,4-5,8,12-13,16-17H2,1-3H3,(H,26,28);5-6,8-10,14-15,17,25H,3-4,7,11-13,16H2,1-2H3;7-11,14-15,17H,3-6,12-13,16H2,1-2H3,(H,25,26)/b24-10-;23-11-;23-9+;22-10+. The number of nitrogens with one attached hydrogen (secondary N) is 4. The highest BCUT2D eigenvalue weighted by Gasteiger charge is 2.25. The van der Waals surface area contributed by atoms with Crippen molar-refractivity contribution < 1.29 is 19.2 Å². The van der Waals surface area contributed by atoms with E-state index < -0.39 is 0 Å². The Morgan fingerprint density at radius 1 is 0.315 bits per heavy atom. The molecule has 0 saturated carbocycles. The molecular weight excluding hydrogens is 1330 g/mol. The molecule has 10 nitrogen and oxygen atoms in total. The first kappa shape index (κ1) is 82.9. The summed E-state index contributed by atoms with van der Waals surface area (Å²) in [6.07, 6.45) is 31.2. The van der Waals surface area contributed by atoms with Gasteiger partial charge in [0, 0.05) is 61.3 Å². The van der Waals surface area contributed by atoms with Crippen LogP contribution in [0.5, 0.6) is 0 Å². The molecule has 10 heteroatoms. The number of allylic oxidation sites excluding steroid dienone is 2. The van der Waals surface area contributed by atoms with Crippen LogP contribution >= 0.6 is 0 Å². The lowest BCUT2D eigenvalue weighted by molar-refractivity contribution is 0.0945. The van der Waals surface area contributed by atoms with Crippen LogP contribution in [-0.2, 0) is 51.4 Å². The first-order valence-electron chi connectivity index (χ1n) is 40.6. The van der Waals surface area contributed by atoms with Crippen molar-refractivity contribution in [2.75, 3.05) is 81.6 Å². The van der Waals surface area contributed by atoms with Gasteiger partial charge in [-0.15, -0.1) is 0 Å². The highest BCUT2D eigenvalue weighted by Crippen LogP contribution is 2.39. The summed E-state index contributed by atoms with van der Waals surface area (Å²) in [6, 6.07) is 60.0. The van der Waals surface area contributed by atoms with Crippen LogP contribution in [0, 0.1) is 0 Å². The largest absolute Gasteiger partial charge is 0.352 e. The highest BCUT2D eigenvalue weighted by atomic mass is 16.2. The number of nitrogens with zero attached hydrogens (tertiary/aromatic N) is 2. The van der Waals surface area contributed by atoms with Crippen molar-refractivity contribution in [1.29, 1.82) is 0 Å². The van der Waals surface area contributed by atoms with Gasteiger partial charge in [0.25, 0.3) is 11.8 Å². The van der Waals surface area contributed by atoms with E-state index in [2.05, 4.69) is 257 Å². The van der Waals surface area contributed by atoms with Gasteiger partial charge in [-0.25, -0.2) is 0 Å². The van der Waals surface area contributed by atoms with Crippen LogP contribution in [0.25, 0.3) is 22.3 Å². The summed E-state index contributed by atoms with van der Waals surface area (Å²) in [5, 5.41) is 12.3. The number of aryl methyl sites for hydroxylation is 8. The number of rotatable bonds is 28. The zero-order valence-electron chi connectivity index (χ0n) is 66.8. The summed E-state index contributed by atoms with van der Waals surface area (Å²) in [6.45, 7) is 14.0. The Morgan fingerprint density at radius 2 is 0.611 bits per heavy atom. The predicted octanol–water partition coefficient (Wildman–Crippen LogP) is 19.8. The molecule has 0 aliphatic heterocycles. The van der Waals surface area contributed by atoms with Crippen molar-refractivity contribution in [3.8, 4) is 0 Å². The Bertz CT molecular complexity index is 4430. The van der Waals surface area contributed by atoms with Gasteiger partial charge in [0.1, 0.15) is 0 Å². The van der Waals surface area contributed by atoms with Gasteiger partial charge in [0.05, 0.1) is 0 Å². The van der Waals surface area contributed by atoms with E-state index in [0.29, 0.717) is 12.8 Å². The summed E-state index contributed by atoms with van der Waals surface area (Å²) in [5.41, 5.74) is 29.7. The highest BCUT2D eigenvalue weighted by molar-refractivity contribution is 6.00. The summed E-state index contributed by atoms with van der Waals surface area (Å²) >= 11 is 0. The van der Waals surface area contributed by atoms with Crippen LogP contribution in [0.1, 0.15) is 248 Å². The molecule has 4 N–H and O–H groups in total. The van der Waals surface area contributed by atoms with Crippen molar-refractivity contribution in [1.82, 2.24) is 31.1 Å². The maximum absolute atomic E-state index is 12.6. The average Bonchev–Trinajstić information content (AvgIpc) is 1.61. The molecular formula is C98H122N6O4. The van der Waals surface area contributed by atoms with Gasteiger partial charge in [0.15, 0.2) is 11.6 Å². The van der Waals surface area contributed by atoms with Crippen molar-refractivity contribution in [3.05, 3.63) is 305 Å². The molecule has 0 bridgehead atoms. The van der Waals surface area contributed by atoms with Gasteiger partial charge in [-0.2, -0.15) is 0 Å². The number of amides is 2. The van der Waals surface area contributed by atoms with Gasteiger partial charge >= 0.3 is 0 Å². The van der Waals surface area contributed by atoms with Crippen molar-refractivity contribution in [2.24, 2.45) is 0 Å². The van der Waals surface area contributed by atoms with Gasteiger partial charge in [-0.3, -0.25) is 19.2 Å². The number of ketones is 2. The lowest BCUT2D eigenvalue weighted by Gasteiger charge is -2.15. The van der Waals surface area contributed by atoms with E-state index in [1.165, 1.54) is 111 Å². The summed E-state index contributed by atoms with van der Waals surface area (Å²) in [5.74, 6) is 0.567. The molecule has 0 saturated heterocycles. The van der Waals surface area contributed by atoms with E-state index in [-0.39, 0.29) is 23.4 Å². The fourth-order valence-corrected chi connectivity index (χ4v) is 15.0. The number of Topliss-reactive ketones (excluding diaryl/α,β-unsaturated/α-hetero) is 2. The molecule has 0 atom stereocenters. The van der Waals surface area contributed by atoms with Gasteiger partial charge in [0.2, 0.25) is 0 Å². The zero-order chi connectivity index (χ0) is 76.6. The zero-order valence-corrected chi connectivity index (χ0v) is 66.8. The molecule has 12 rings (SSSR count). The molecule has 0 heterocycles. The maximum Gasteiger partial charge on any atom is 0.251 e. The molecule has 0 fully saturated rings. The molecule has 4 aliphatic carbocycles. The van der Waals surface area contributed by atoms with Crippen LogP contribution in [0.4, 0.5) is 0 Å². The Kier molecular flexibility index (Phi) is 33.6. The number of fused-ring (bicyclic) bond motifs is 8. The lowest BCUT2D eigenvalue weighted by atomic mass is 9.91. The normalized spacial score (nSPS) is 14.6. The fourth-order valence-electron chi connectivity index (χ4n) is 15.0. The number of unbranched alkanes of at least 4 members (excludes halogenated alkanes) is 4. The Hall–Kier alpha value is -9.16. The third-order valence-corrected chi connectivity index (χ3v) is 21.1. The molecule has 0 spiro atoms. The van der Waals surface area contributed by atoms with Crippen molar-refractivity contribution in [3.63, 3.8) is 0 Å². The van der Waals surface area contributed by atoms with Crippen molar-refractivity contribution in [2.45, 2.75) is 169 Å². The molecule has 0 aromatic heterocycles. The van der Waals surface area contributed by atoms with Crippen LogP contribution < -0.4 is 21.3 Å². The first-order chi connectivity index (χ1) is 52.7. The number of benzene rings is 8. The Morgan fingerprint density at radius 3 is 0.935 bits per heavy atom. The van der Waals surface area contributed by atoms with Crippen LogP contribution in [0.15, 0.2) is 194 Å². The molecule has 4 aliphatic rings. The Balaban J connectivity index is 0.000000166. The van der Waals surface area contributed by atoms with Crippen LogP contribution in [0.3, 0.4) is 0 Å². The van der Waals surface area contributed by atoms with E-state index in [1.807, 2.05) is 38.4 Å². The second kappa shape index (κ2) is 43.7. The minimum atomic E-state index is 0.0291. The fraction of sp³-hybridized carbons (Fsp3) is 0.388. The van der Waals surface area contributed by atoms with E-state index in [9.17, 15) is 19.2 Å². The molecule has 568 valence electrons. The molecule has 8 aromatic rings. The monoisotopic (exact) mass is 1450 g/mol. The maximum atomic E-state index is 12.6. The number of hydrogen-bond acceptors (Lipinski definition) is 8. The summed E-state index contributed by atoms with van der Waals surface area (Å²) in [7, 11) is 12.3. The van der Waals surface area contributed by atoms with Gasteiger partial charge in [-0.1, -0.05) is 211 Å². The molecule has 108 heavy (non-hydrogen) atoms. The van der Waals surface area contributed by atoms with Crippen LogP contribution in [-0.4, -0.2) is 115 Å². The summed E-state index contributed by atoms with van der Waals surface area (Å²) < 4.78 is 0. The number of hydrogen-bond donors (Lipinski definition) is 4. The molecule has 0 unspecified atom stereocenters. The van der Waals surface area contributed by atoms with E-state index in [1.54, 1.807) is 0 Å². The molecule has 0 radical (unpaired) electrons. The lowest BCUT2D eigenvalue weighted by Crippen LogP contribution is -2.24. The molecule has 2 amide bonds. The quantitative estimate of drug-likeness (QED) is 0.0283. The first-order valence-corrected chi connectivity index (χ1v) is 40.6. The minimum Gasteiger partial charge on any atom is -0.352 e. The molecule has 8 aromatic carbocycles. The second-order valence-electron chi connectivity index (χ2n) is 29.8. The van der Waals surface area contributed by atoms with Gasteiger partial charge in [-0.05, 0) is 306 Å².